The Morgan fingerprint density at radius 2 is 0.906 bits per heavy atom. The van der Waals surface area contributed by atoms with Crippen molar-refractivity contribution in [1.29, 1.82) is 0 Å². The number of hydrogen-bond acceptors (Lipinski definition) is 6. The van der Waals surface area contributed by atoms with Gasteiger partial charge in [-0.15, -0.1) is 0 Å². The molecule has 2 aromatic rings. The van der Waals surface area contributed by atoms with Gasteiger partial charge in [0.2, 0.25) is 5.91 Å². The highest BCUT2D eigenvalue weighted by molar-refractivity contribution is 5.82. The lowest BCUT2D eigenvalue weighted by Crippen LogP contribution is -2.39. The summed E-state index contributed by atoms with van der Waals surface area (Å²) < 4.78 is 10.5. The van der Waals surface area contributed by atoms with Crippen molar-refractivity contribution in [3.05, 3.63) is 70.8 Å². The van der Waals surface area contributed by atoms with Gasteiger partial charge in [0.15, 0.2) is 0 Å². The fraction of sp³-hybridized carbons (Fsp3) is 0.644. The van der Waals surface area contributed by atoms with E-state index in [4.69, 9.17) is 9.47 Å². The second-order valence-corrected chi connectivity index (χ2v) is 16.6. The molecular weight excluding hydrogens is 665 g/mol. The van der Waals surface area contributed by atoms with Crippen molar-refractivity contribution in [1.82, 2.24) is 9.80 Å². The van der Waals surface area contributed by atoms with E-state index in [9.17, 15) is 19.2 Å². The fourth-order valence-corrected chi connectivity index (χ4v) is 5.40. The Balaban J connectivity index is 0.000000834. The van der Waals surface area contributed by atoms with Crippen LogP contribution in [0.2, 0.25) is 0 Å². The van der Waals surface area contributed by atoms with Crippen molar-refractivity contribution < 1.29 is 28.7 Å². The maximum Gasteiger partial charge on any atom is 0.409 e. The quantitative estimate of drug-likeness (QED) is 0.150. The minimum atomic E-state index is -0.378. The lowest BCUT2D eigenvalue weighted by molar-refractivity contribution is -0.148. The molecule has 0 heterocycles. The number of carbonyl (C=O) groups is 4. The molecule has 300 valence electrons. The minimum Gasteiger partial charge on any atom is -0.461 e. The summed E-state index contributed by atoms with van der Waals surface area (Å²) in [6, 6.07) is 16.5. The van der Waals surface area contributed by atoms with E-state index < -0.39 is 0 Å². The lowest BCUT2D eigenvalue weighted by Gasteiger charge is -2.23. The molecule has 0 unspecified atom stereocenters. The van der Waals surface area contributed by atoms with Crippen LogP contribution >= 0.6 is 0 Å². The average molecular weight is 739 g/mol. The normalized spacial score (nSPS) is 11.6. The first-order valence-electron chi connectivity index (χ1n) is 19.6. The Kier molecular flexibility index (Phi) is 24.3. The maximum atomic E-state index is 12.0. The van der Waals surface area contributed by atoms with Crippen LogP contribution in [-0.4, -0.2) is 60.7 Å². The number of ether oxygens (including phenoxy) is 2. The number of nitrogens with zero attached hydrogens (tertiary/aromatic N) is 2. The third-order valence-electron chi connectivity index (χ3n) is 8.38. The van der Waals surface area contributed by atoms with Crippen LogP contribution in [0.15, 0.2) is 48.5 Å². The van der Waals surface area contributed by atoms with Gasteiger partial charge < -0.3 is 19.3 Å². The molecule has 0 aliphatic rings. The smallest absolute Gasteiger partial charge is 0.409 e. The van der Waals surface area contributed by atoms with E-state index in [0.29, 0.717) is 43.2 Å². The molecule has 0 bridgehead atoms. The summed E-state index contributed by atoms with van der Waals surface area (Å²) in [5, 5.41) is 0. The van der Waals surface area contributed by atoms with Gasteiger partial charge in [-0.1, -0.05) is 139 Å². The second kappa shape index (κ2) is 26.2. The largest absolute Gasteiger partial charge is 0.461 e. The van der Waals surface area contributed by atoms with Crippen molar-refractivity contribution in [3.8, 4) is 0 Å². The van der Waals surface area contributed by atoms with Gasteiger partial charge in [0.1, 0.15) is 19.0 Å². The molecule has 0 spiro atoms. The Bertz CT molecular complexity index is 1330. The summed E-state index contributed by atoms with van der Waals surface area (Å²) >= 11 is 0. The molecule has 0 fully saturated rings. The molecule has 53 heavy (non-hydrogen) atoms. The highest BCUT2D eigenvalue weighted by atomic mass is 16.6. The summed E-state index contributed by atoms with van der Waals surface area (Å²) in [5.74, 6) is 2.60. The number of benzene rings is 2. The SMILES string of the molecule is CC(C)C[C@@H](C)C(=O)C(C)C.CC(C)Cc1ccc(COC(=O)C(C)C)cc1.CC(C)Cc1ccc(COC(=O)N(C)CCN(C)C(=O)C(C)C)cc1. The zero-order chi connectivity index (χ0) is 40.8. The summed E-state index contributed by atoms with van der Waals surface area (Å²) in [4.78, 5) is 49.7. The Hall–Kier alpha value is -3.68. The first-order chi connectivity index (χ1) is 24.6. The number of hydrogen-bond donors (Lipinski definition) is 0. The molecule has 0 aliphatic heterocycles. The predicted molar refractivity (Wildman–Crippen MR) is 218 cm³/mol. The molecule has 0 aliphatic carbocycles. The Morgan fingerprint density at radius 1 is 0.509 bits per heavy atom. The topological polar surface area (TPSA) is 93.2 Å². The molecule has 8 heteroatoms. The zero-order valence-corrected chi connectivity index (χ0v) is 36.0. The van der Waals surface area contributed by atoms with Gasteiger partial charge in [-0.25, -0.2) is 4.79 Å². The predicted octanol–water partition coefficient (Wildman–Crippen LogP) is 10.0. The van der Waals surface area contributed by atoms with Crippen LogP contribution in [-0.2, 0) is 49.9 Å². The molecule has 1 atom stereocenters. The third kappa shape index (κ3) is 22.9. The molecule has 0 aromatic heterocycles. The van der Waals surface area contributed by atoms with Crippen LogP contribution in [0, 0.1) is 41.4 Å². The number of carbonyl (C=O) groups excluding carboxylic acids is 4. The van der Waals surface area contributed by atoms with Crippen molar-refractivity contribution in [2.45, 2.75) is 122 Å². The number of amides is 2. The molecular formula is C45H74N2O6. The van der Waals surface area contributed by atoms with Crippen molar-refractivity contribution in [3.63, 3.8) is 0 Å². The van der Waals surface area contributed by atoms with Gasteiger partial charge in [-0.05, 0) is 59.3 Å². The Morgan fingerprint density at radius 3 is 1.26 bits per heavy atom. The van der Waals surface area contributed by atoms with Crippen LogP contribution < -0.4 is 0 Å². The van der Waals surface area contributed by atoms with Crippen molar-refractivity contribution in [2.75, 3.05) is 27.2 Å². The highest BCUT2D eigenvalue weighted by Crippen LogP contribution is 2.16. The number of likely N-dealkylation sites (N-methyl/N-ethyl adjacent to an activating group) is 2. The van der Waals surface area contributed by atoms with Gasteiger partial charge in [0.25, 0.3) is 0 Å². The van der Waals surface area contributed by atoms with Crippen LogP contribution in [0.3, 0.4) is 0 Å². The molecule has 0 saturated heterocycles. The van der Waals surface area contributed by atoms with E-state index in [2.05, 4.69) is 65.8 Å². The summed E-state index contributed by atoms with van der Waals surface area (Å²) in [7, 11) is 3.43. The van der Waals surface area contributed by atoms with E-state index in [1.807, 2.05) is 72.7 Å². The molecule has 8 nitrogen and oxygen atoms in total. The van der Waals surface area contributed by atoms with E-state index in [-0.39, 0.29) is 48.2 Å². The number of Topliss-reactive ketones (excluding diaryl/α,β-unsaturated/α-hetero) is 1. The van der Waals surface area contributed by atoms with Gasteiger partial charge in [0, 0.05) is 44.9 Å². The van der Waals surface area contributed by atoms with E-state index in [1.165, 1.54) is 16.0 Å². The monoisotopic (exact) mass is 739 g/mol. The van der Waals surface area contributed by atoms with Crippen LogP contribution in [0.1, 0.15) is 119 Å². The van der Waals surface area contributed by atoms with Gasteiger partial charge in [-0.3, -0.25) is 14.4 Å². The number of ketones is 1. The highest BCUT2D eigenvalue weighted by Gasteiger charge is 2.17. The van der Waals surface area contributed by atoms with Crippen LogP contribution in [0.4, 0.5) is 4.79 Å². The molecule has 2 rings (SSSR count). The van der Waals surface area contributed by atoms with Crippen molar-refractivity contribution in [2.24, 2.45) is 41.4 Å². The summed E-state index contributed by atoms with van der Waals surface area (Å²) in [6.07, 6.45) is 2.78. The maximum absolute atomic E-state index is 12.0. The summed E-state index contributed by atoms with van der Waals surface area (Å²) in [6.45, 7) is 28.1. The number of esters is 1. The molecule has 2 amide bonds. The molecule has 0 N–H and O–H groups in total. The standard InChI is InChI=1S/C20H32N2O3.C15H22O2.C10H20O/c1-15(2)13-17-7-9-18(10-8-17)14-25-20(24)22(6)12-11-21(5)19(23)16(3)4;1-11(2)9-13-5-7-14(8-6-13)10-17-15(16)12(3)4;1-7(2)6-9(5)10(11)8(3)4/h7-10,15-16H,11-14H2,1-6H3;5-8,11-12H,9-10H2,1-4H3;7-9H,6H2,1-5H3/t;;9-/m..1/s1. The number of rotatable bonds is 17. The molecule has 2 aromatic carbocycles. The second-order valence-electron chi connectivity index (χ2n) is 16.6. The third-order valence-corrected chi connectivity index (χ3v) is 8.38. The molecule has 0 saturated carbocycles. The minimum absolute atomic E-state index is 0.0408. The Labute approximate surface area is 323 Å². The lowest BCUT2D eigenvalue weighted by atomic mass is 9.90. The first-order valence-corrected chi connectivity index (χ1v) is 19.6. The van der Waals surface area contributed by atoms with E-state index in [1.54, 1.807) is 19.0 Å². The van der Waals surface area contributed by atoms with Crippen LogP contribution in [0.25, 0.3) is 0 Å². The van der Waals surface area contributed by atoms with Crippen molar-refractivity contribution >= 4 is 23.8 Å². The van der Waals surface area contributed by atoms with E-state index in [0.717, 1.165) is 30.4 Å². The van der Waals surface area contributed by atoms with Gasteiger partial charge in [0.05, 0.1) is 5.92 Å². The van der Waals surface area contributed by atoms with Gasteiger partial charge in [-0.2, -0.15) is 0 Å². The zero-order valence-electron chi connectivity index (χ0n) is 36.0. The fourth-order valence-electron chi connectivity index (χ4n) is 5.40. The average Bonchev–Trinajstić information content (AvgIpc) is 3.08. The van der Waals surface area contributed by atoms with E-state index >= 15 is 0 Å². The van der Waals surface area contributed by atoms with Gasteiger partial charge >= 0.3 is 12.1 Å². The molecule has 0 radical (unpaired) electrons. The summed E-state index contributed by atoms with van der Waals surface area (Å²) in [5.41, 5.74) is 4.65. The van der Waals surface area contributed by atoms with Crippen LogP contribution in [0.5, 0.6) is 0 Å². The first kappa shape index (κ1) is 49.3.